The SMILES string of the molecule is COc1ccc(Cl)cc1CN1C(=O)CCC(N)C1=O. The van der Waals surface area contributed by atoms with Crippen LogP contribution in [0.15, 0.2) is 18.2 Å². The molecule has 5 nitrogen and oxygen atoms in total. The van der Waals surface area contributed by atoms with Crippen molar-refractivity contribution in [3.8, 4) is 5.75 Å². The number of hydrogen-bond acceptors (Lipinski definition) is 4. The molecule has 0 aromatic heterocycles. The Morgan fingerprint density at radius 2 is 2.21 bits per heavy atom. The van der Waals surface area contributed by atoms with E-state index in [1.807, 2.05) is 0 Å². The first kappa shape index (κ1) is 13.8. The Balaban J connectivity index is 2.26. The molecule has 6 heteroatoms. The van der Waals surface area contributed by atoms with Gasteiger partial charge in [0.2, 0.25) is 11.8 Å². The van der Waals surface area contributed by atoms with Crippen LogP contribution >= 0.6 is 11.6 Å². The van der Waals surface area contributed by atoms with E-state index in [-0.39, 0.29) is 24.8 Å². The molecule has 1 aromatic carbocycles. The highest BCUT2D eigenvalue weighted by Crippen LogP contribution is 2.25. The molecule has 0 radical (unpaired) electrons. The van der Waals surface area contributed by atoms with Gasteiger partial charge in [-0.25, -0.2) is 0 Å². The second-order valence-corrected chi connectivity index (χ2v) is 4.86. The molecule has 1 saturated heterocycles. The van der Waals surface area contributed by atoms with Gasteiger partial charge >= 0.3 is 0 Å². The molecule has 0 bridgehead atoms. The Bertz CT molecular complexity index is 519. The molecule has 1 aromatic rings. The molecule has 102 valence electrons. The van der Waals surface area contributed by atoms with Gasteiger partial charge in [-0.05, 0) is 24.6 Å². The fourth-order valence-electron chi connectivity index (χ4n) is 2.07. The molecule has 2 rings (SSSR count). The third kappa shape index (κ3) is 2.88. The molecule has 0 aliphatic carbocycles. The predicted octanol–water partition coefficient (Wildman–Crippen LogP) is 1.32. The van der Waals surface area contributed by atoms with E-state index in [2.05, 4.69) is 0 Å². The van der Waals surface area contributed by atoms with E-state index in [0.29, 0.717) is 22.8 Å². The van der Waals surface area contributed by atoms with Gasteiger partial charge in [0.15, 0.2) is 0 Å². The predicted molar refractivity (Wildman–Crippen MR) is 70.8 cm³/mol. The standard InChI is InChI=1S/C13H15ClN2O3/c1-19-11-4-2-9(14)6-8(11)7-16-12(17)5-3-10(15)13(16)18/h2,4,6,10H,3,5,7,15H2,1H3. The first-order valence-electron chi connectivity index (χ1n) is 5.95. The molecule has 0 saturated carbocycles. The van der Waals surface area contributed by atoms with Crippen LogP contribution in [0.2, 0.25) is 5.02 Å². The van der Waals surface area contributed by atoms with Crippen molar-refractivity contribution in [2.24, 2.45) is 5.73 Å². The number of nitrogens with zero attached hydrogens (tertiary/aromatic N) is 1. The van der Waals surface area contributed by atoms with E-state index < -0.39 is 6.04 Å². The minimum atomic E-state index is -0.608. The van der Waals surface area contributed by atoms with Gasteiger partial charge in [0.1, 0.15) is 5.75 Å². The summed E-state index contributed by atoms with van der Waals surface area (Å²) in [6.07, 6.45) is 0.691. The third-order valence-corrected chi connectivity index (χ3v) is 3.36. The minimum absolute atomic E-state index is 0.134. The summed E-state index contributed by atoms with van der Waals surface area (Å²) in [7, 11) is 1.53. The first-order chi connectivity index (χ1) is 9.02. The van der Waals surface area contributed by atoms with Crippen LogP contribution in [0, 0.1) is 0 Å². The number of imide groups is 1. The maximum atomic E-state index is 11.9. The van der Waals surface area contributed by atoms with E-state index in [0.717, 1.165) is 0 Å². The largest absolute Gasteiger partial charge is 0.496 e. The number of rotatable bonds is 3. The van der Waals surface area contributed by atoms with Crippen molar-refractivity contribution in [1.29, 1.82) is 0 Å². The average molecular weight is 283 g/mol. The zero-order chi connectivity index (χ0) is 14.0. The summed E-state index contributed by atoms with van der Waals surface area (Å²) in [5.74, 6) is 0.0242. The Morgan fingerprint density at radius 1 is 1.47 bits per heavy atom. The number of amides is 2. The van der Waals surface area contributed by atoms with Gasteiger partial charge in [0, 0.05) is 17.0 Å². The Labute approximate surface area is 116 Å². The second-order valence-electron chi connectivity index (χ2n) is 4.42. The lowest BCUT2D eigenvalue weighted by Gasteiger charge is -2.29. The summed E-state index contributed by atoms with van der Waals surface area (Å²) >= 11 is 5.92. The van der Waals surface area contributed by atoms with E-state index in [1.54, 1.807) is 18.2 Å². The van der Waals surface area contributed by atoms with E-state index in [4.69, 9.17) is 22.1 Å². The quantitative estimate of drug-likeness (QED) is 0.849. The van der Waals surface area contributed by atoms with Crippen molar-refractivity contribution in [3.63, 3.8) is 0 Å². The third-order valence-electron chi connectivity index (χ3n) is 3.12. The normalized spacial score (nSPS) is 19.7. The molecular weight excluding hydrogens is 268 g/mol. The van der Waals surface area contributed by atoms with Gasteiger partial charge in [-0.3, -0.25) is 14.5 Å². The van der Waals surface area contributed by atoms with Gasteiger partial charge in [-0.2, -0.15) is 0 Å². The lowest BCUT2D eigenvalue weighted by molar-refractivity contribution is -0.149. The topological polar surface area (TPSA) is 72.6 Å². The zero-order valence-corrected chi connectivity index (χ0v) is 11.3. The lowest BCUT2D eigenvalue weighted by atomic mass is 10.0. The highest BCUT2D eigenvalue weighted by atomic mass is 35.5. The Kier molecular flexibility index (Phi) is 4.07. The van der Waals surface area contributed by atoms with Crippen molar-refractivity contribution >= 4 is 23.4 Å². The molecule has 1 aliphatic heterocycles. The van der Waals surface area contributed by atoms with Crippen LogP contribution in [0.5, 0.6) is 5.75 Å². The highest BCUT2D eigenvalue weighted by molar-refractivity contribution is 6.30. The number of benzene rings is 1. The van der Waals surface area contributed by atoms with Crippen LogP contribution in [0.3, 0.4) is 0 Å². The van der Waals surface area contributed by atoms with Gasteiger partial charge in [-0.15, -0.1) is 0 Å². The average Bonchev–Trinajstić information content (AvgIpc) is 2.39. The van der Waals surface area contributed by atoms with Crippen molar-refractivity contribution < 1.29 is 14.3 Å². The number of methoxy groups -OCH3 is 1. The molecule has 2 N–H and O–H groups in total. The zero-order valence-electron chi connectivity index (χ0n) is 10.6. The molecule has 0 spiro atoms. The first-order valence-corrected chi connectivity index (χ1v) is 6.33. The van der Waals surface area contributed by atoms with Crippen molar-refractivity contribution in [2.75, 3.05) is 7.11 Å². The molecule has 19 heavy (non-hydrogen) atoms. The van der Waals surface area contributed by atoms with Gasteiger partial charge in [0.05, 0.1) is 19.7 Å². The highest BCUT2D eigenvalue weighted by Gasteiger charge is 2.32. The van der Waals surface area contributed by atoms with Crippen molar-refractivity contribution in [1.82, 2.24) is 4.90 Å². The van der Waals surface area contributed by atoms with Gasteiger partial charge in [0.25, 0.3) is 0 Å². The summed E-state index contributed by atoms with van der Waals surface area (Å²) in [6.45, 7) is 0.134. The number of nitrogens with two attached hydrogens (primary N) is 1. The van der Waals surface area contributed by atoms with E-state index in [1.165, 1.54) is 12.0 Å². The molecule has 1 unspecified atom stereocenters. The van der Waals surface area contributed by atoms with Gasteiger partial charge < -0.3 is 10.5 Å². The van der Waals surface area contributed by atoms with Crippen LogP contribution in [0.4, 0.5) is 0 Å². The molecular formula is C13H15ClN2O3. The minimum Gasteiger partial charge on any atom is -0.496 e. The maximum Gasteiger partial charge on any atom is 0.246 e. The van der Waals surface area contributed by atoms with Crippen LogP contribution in [-0.2, 0) is 16.1 Å². The summed E-state index contributed by atoms with van der Waals surface area (Å²) in [4.78, 5) is 24.9. The summed E-state index contributed by atoms with van der Waals surface area (Å²) in [5, 5.41) is 0.525. The Hall–Kier alpha value is -1.59. The van der Waals surface area contributed by atoms with E-state index >= 15 is 0 Å². The van der Waals surface area contributed by atoms with Crippen LogP contribution < -0.4 is 10.5 Å². The number of piperidine rings is 1. The fraction of sp³-hybridized carbons (Fsp3) is 0.385. The van der Waals surface area contributed by atoms with E-state index in [9.17, 15) is 9.59 Å². The fourth-order valence-corrected chi connectivity index (χ4v) is 2.26. The molecule has 2 amide bonds. The molecule has 1 atom stereocenters. The van der Waals surface area contributed by atoms with Crippen molar-refractivity contribution in [2.45, 2.75) is 25.4 Å². The summed E-state index contributed by atoms with van der Waals surface area (Å²) in [5.41, 5.74) is 6.37. The number of hydrogen-bond donors (Lipinski definition) is 1. The Morgan fingerprint density at radius 3 is 2.89 bits per heavy atom. The number of ether oxygens (including phenoxy) is 1. The van der Waals surface area contributed by atoms with Crippen molar-refractivity contribution in [3.05, 3.63) is 28.8 Å². The number of halogens is 1. The monoisotopic (exact) mass is 282 g/mol. The number of likely N-dealkylation sites (tertiary alicyclic amines) is 1. The maximum absolute atomic E-state index is 11.9. The van der Waals surface area contributed by atoms with Crippen LogP contribution in [0.1, 0.15) is 18.4 Å². The van der Waals surface area contributed by atoms with Gasteiger partial charge in [-0.1, -0.05) is 11.6 Å². The lowest BCUT2D eigenvalue weighted by Crippen LogP contribution is -2.50. The summed E-state index contributed by atoms with van der Waals surface area (Å²) < 4.78 is 5.20. The summed E-state index contributed by atoms with van der Waals surface area (Å²) in [6, 6.07) is 4.47. The smallest absolute Gasteiger partial charge is 0.246 e. The molecule has 1 aliphatic rings. The molecule has 1 fully saturated rings. The second kappa shape index (κ2) is 5.59. The van der Waals surface area contributed by atoms with Crippen LogP contribution in [-0.4, -0.2) is 29.9 Å². The molecule has 1 heterocycles. The number of carbonyl (C=O) groups is 2. The number of carbonyl (C=O) groups excluding carboxylic acids is 2. The van der Waals surface area contributed by atoms with Crippen LogP contribution in [0.25, 0.3) is 0 Å².